The van der Waals surface area contributed by atoms with Crippen LogP contribution >= 0.6 is 11.6 Å². The van der Waals surface area contributed by atoms with Crippen LogP contribution in [0.15, 0.2) is 42.5 Å². The topological polar surface area (TPSA) is 90.7 Å². The van der Waals surface area contributed by atoms with E-state index in [0.29, 0.717) is 24.5 Å². The van der Waals surface area contributed by atoms with Gasteiger partial charge in [0.1, 0.15) is 16.5 Å². The van der Waals surface area contributed by atoms with Gasteiger partial charge in [-0.1, -0.05) is 11.6 Å². The Labute approximate surface area is 149 Å². The maximum absolute atomic E-state index is 11.9. The molecule has 0 aromatic heterocycles. The summed E-state index contributed by atoms with van der Waals surface area (Å²) in [5.74, 6) is 1.17. The minimum atomic E-state index is -0.597. The molecule has 0 unspecified atom stereocenters. The van der Waals surface area contributed by atoms with Crippen LogP contribution in [0.4, 0.5) is 11.4 Å². The molecule has 1 N–H and O–H groups in total. The van der Waals surface area contributed by atoms with Gasteiger partial charge in [0, 0.05) is 18.2 Å². The molecule has 0 saturated heterocycles. The van der Waals surface area contributed by atoms with Gasteiger partial charge in [-0.25, -0.2) is 0 Å². The summed E-state index contributed by atoms with van der Waals surface area (Å²) >= 11 is 5.73. The molecule has 2 aromatic carbocycles. The van der Waals surface area contributed by atoms with Crippen molar-refractivity contribution in [1.29, 1.82) is 0 Å². The smallest absolute Gasteiger partial charge is 0.289 e. The molecule has 0 aliphatic carbocycles. The van der Waals surface area contributed by atoms with E-state index in [1.807, 2.05) is 0 Å². The molecule has 0 spiro atoms. The molecule has 0 heterocycles. The Morgan fingerprint density at radius 1 is 1.20 bits per heavy atom. The minimum absolute atomic E-state index is 0.0240. The van der Waals surface area contributed by atoms with E-state index in [1.54, 1.807) is 31.4 Å². The monoisotopic (exact) mass is 364 g/mol. The lowest BCUT2D eigenvalue weighted by molar-refractivity contribution is -0.384. The first kappa shape index (κ1) is 18.5. The first-order chi connectivity index (χ1) is 12.0. The first-order valence-electron chi connectivity index (χ1n) is 7.50. The summed E-state index contributed by atoms with van der Waals surface area (Å²) < 4.78 is 10.6. The summed E-state index contributed by atoms with van der Waals surface area (Å²) in [5.41, 5.74) is 0.0829. The van der Waals surface area contributed by atoms with Crippen LogP contribution in [-0.4, -0.2) is 24.5 Å². The zero-order valence-corrected chi connectivity index (χ0v) is 14.3. The van der Waals surface area contributed by atoms with Crippen LogP contribution in [0.5, 0.6) is 11.5 Å². The molecule has 0 aliphatic rings. The zero-order chi connectivity index (χ0) is 18.2. The Morgan fingerprint density at radius 2 is 1.88 bits per heavy atom. The fourth-order valence-corrected chi connectivity index (χ4v) is 2.24. The summed E-state index contributed by atoms with van der Waals surface area (Å²) in [4.78, 5) is 22.1. The third-order valence-electron chi connectivity index (χ3n) is 3.30. The van der Waals surface area contributed by atoms with Crippen LogP contribution in [0.25, 0.3) is 0 Å². The number of nitro groups is 1. The van der Waals surface area contributed by atoms with Crippen LogP contribution < -0.4 is 14.8 Å². The van der Waals surface area contributed by atoms with E-state index >= 15 is 0 Å². The summed E-state index contributed by atoms with van der Waals surface area (Å²) in [6.07, 6.45) is 0.736. The van der Waals surface area contributed by atoms with Gasteiger partial charge in [-0.05, 0) is 42.8 Å². The van der Waals surface area contributed by atoms with Crippen LogP contribution in [0.1, 0.15) is 12.8 Å². The number of hydrogen-bond donors (Lipinski definition) is 1. The number of halogens is 1. The average Bonchev–Trinajstić information content (AvgIpc) is 2.60. The molecule has 2 rings (SSSR count). The van der Waals surface area contributed by atoms with Gasteiger partial charge in [-0.15, -0.1) is 0 Å². The molecule has 25 heavy (non-hydrogen) atoms. The predicted molar refractivity (Wildman–Crippen MR) is 94.5 cm³/mol. The number of carbonyl (C=O) groups is 1. The van der Waals surface area contributed by atoms with Crippen molar-refractivity contribution in [3.8, 4) is 11.5 Å². The third kappa shape index (κ3) is 5.65. The molecule has 8 heteroatoms. The highest BCUT2D eigenvalue weighted by molar-refractivity contribution is 6.32. The Balaban J connectivity index is 1.77. The molecule has 2 aromatic rings. The van der Waals surface area contributed by atoms with Crippen molar-refractivity contribution in [2.75, 3.05) is 19.0 Å². The van der Waals surface area contributed by atoms with Crippen molar-refractivity contribution in [2.45, 2.75) is 12.8 Å². The van der Waals surface area contributed by atoms with Gasteiger partial charge in [0.25, 0.3) is 5.69 Å². The number of nitrogens with zero attached hydrogens (tertiary/aromatic N) is 1. The lowest BCUT2D eigenvalue weighted by atomic mass is 10.2. The first-order valence-corrected chi connectivity index (χ1v) is 7.88. The third-order valence-corrected chi connectivity index (χ3v) is 3.62. The lowest BCUT2D eigenvalue weighted by Gasteiger charge is -2.08. The fourth-order valence-electron chi connectivity index (χ4n) is 2.05. The van der Waals surface area contributed by atoms with Crippen LogP contribution in [0.2, 0.25) is 5.02 Å². The van der Waals surface area contributed by atoms with Gasteiger partial charge in [0.2, 0.25) is 5.91 Å². The van der Waals surface area contributed by atoms with Crippen molar-refractivity contribution in [3.05, 3.63) is 57.6 Å². The summed E-state index contributed by atoms with van der Waals surface area (Å²) in [6.45, 7) is 0.376. The SMILES string of the molecule is COc1ccc(OCCCC(=O)Nc2ccc(Cl)c([N+](=O)[O-])c2)cc1. The average molecular weight is 365 g/mol. The number of hydrogen-bond acceptors (Lipinski definition) is 5. The second-order valence-corrected chi connectivity index (χ2v) is 5.51. The maximum Gasteiger partial charge on any atom is 0.289 e. The van der Waals surface area contributed by atoms with E-state index in [2.05, 4.69) is 5.32 Å². The van der Waals surface area contributed by atoms with Gasteiger partial charge in [0.15, 0.2) is 0 Å². The summed E-state index contributed by atoms with van der Waals surface area (Å²) in [7, 11) is 1.59. The standard InChI is InChI=1S/C17H17ClN2O5/c1-24-13-5-7-14(8-6-13)25-10-2-3-17(21)19-12-4-9-15(18)16(11-12)20(22)23/h4-9,11H,2-3,10H2,1H3,(H,19,21). The number of nitro benzene ring substituents is 1. The van der Waals surface area contributed by atoms with Gasteiger partial charge >= 0.3 is 0 Å². The Morgan fingerprint density at radius 3 is 2.52 bits per heavy atom. The molecule has 0 bridgehead atoms. The molecule has 0 atom stereocenters. The van der Waals surface area contributed by atoms with E-state index in [1.165, 1.54) is 18.2 Å². The van der Waals surface area contributed by atoms with Crippen LogP contribution in [0.3, 0.4) is 0 Å². The zero-order valence-electron chi connectivity index (χ0n) is 13.5. The second kappa shape index (κ2) is 8.89. The van der Waals surface area contributed by atoms with Gasteiger partial charge < -0.3 is 14.8 Å². The predicted octanol–water partition coefficient (Wildman–Crippen LogP) is 4.05. The molecule has 132 valence electrons. The van der Waals surface area contributed by atoms with Crippen LogP contribution in [0, 0.1) is 10.1 Å². The quantitative estimate of drug-likeness (QED) is 0.433. The maximum atomic E-state index is 11.9. The van der Waals surface area contributed by atoms with Gasteiger partial charge in [-0.2, -0.15) is 0 Å². The molecule has 7 nitrogen and oxygen atoms in total. The van der Waals surface area contributed by atoms with E-state index in [9.17, 15) is 14.9 Å². The number of methoxy groups -OCH3 is 1. The fraction of sp³-hybridized carbons (Fsp3) is 0.235. The number of benzene rings is 2. The number of nitrogens with one attached hydrogen (secondary N) is 1. The number of ether oxygens (including phenoxy) is 2. The molecular weight excluding hydrogens is 348 g/mol. The Hall–Kier alpha value is -2.80. The van der Waals surface area contributed by atoms with Crippen molar-refractivity contribution in [3.63, 3.8) is 0 Å². The molecule has 0 saturated carbocycles. The second-order valence-electron chi connectivity index (χ2n) is 5.10. The van der Waals surface area contributed by atoms with Crippen molar-refractivity contribution < 1.29 is 19.2 Å². The van der Waals surface area contributed by atoms with Crippen molar-refractivity contribution >= 4 is 28.9 Å². The number of amides is 1. The highest BCUT2D eigenvalue weighted by Gasteiger charge is 2.13. The highest BCUT2D eigenvalue weighted by Crippen LogP contribution is 2.27. The van der Waals surface area contributed by atoms with Crippen LogP contribution in [-0.2, 0) is 4.79 Å². The molecule has 0 aliphatic heterocycles. The molecular formula is C17H17ClN2O5. The largest absolute Gasteiger partial charge is 0.497 e. The lowest BCUT2D eigenvalue weighted by Crippen LogP contribution is -2.13. The number of rotatable bonds is 8. The highest BCUT2D eigenvalue weighted by atomic mass is 35.5. The molecule has 0 radical (unpaired) electrons. The van der Waals surface area contributed by atoms with Gasteiger partial charge in [-0.3, -0.25) is 14.9 Å². The van der Waals surface area contributed by atoms with E-state index in [0.717, 1.165) is 5.75 Å². The van der Waals surface area contributed by atoms with E-state index in [4.69, 9.17) is 21.1 Å². The van der Waals surface area contributed by atoms with Crippen molar-refractivity contribution in [1.82, 2.24) is 0 Å². The molecule has 0 fully saturated rings. The van der Waals surface area contributed by atoms with E-state index in [-0.39, 0.29) is 23.0 Å². The summed E-state index contributed by atoms with van der Waals surface area (Å²) in [6, 6.07) is 11.3. The van der Waals surface area contributed by atoms with Gasteiger partial charge in [0.05, 0.1) is 18.6 Å². The summed E-state index contributed by atoms with van der Waals surface area (Å²) in [5, 5.41) is 13.5. The molecule has 1 amide bonds. The minimum Gasteiger partial charge on any atom is -0.497 e. The number of carbonyl (C=O) groups excluding carboxylic acids is 1. The normalized spacial score (nSPS) is 10.2. The number of anilines is 1. The van der Waals surface area contributed by atoms with E-state index < -0.39 is 4.92 Å². The Bertz CT molecular complexity index is 749. The van der Waals surface area contributed by atoms with Crippen molar-refractivity contribution in [2.24, 2.45) is 0 Å². The Kier molecular flexibility index (Phi) is 6.59.